The number of hydrogen-bond donors (Lipinski definition) is 1. The first-order valence-corrected chi connectivity index (χ1v) is 8.96. The van der Waals surface area contributed by atoms with Crippen LogP contribution in [-0.2, 0) is 9.16 Å². The molecular formula is C12H26O3Si. The lowest BCUT2D eigenvalue weighted by Gasteiger charge is -2.36. The highest BCUT2D eigenvalue weighted by Gasteiger charge is 2.51. The van der Waals surface area contributed by atoms with Gasteiger partial charge < -0.3 is 14.3 Å². The molecule has 0 aliphatic carbocycles. The summed E-state index contributed by atoms with van der Waals surface area (Å²) in [6.07, 6.45) is 0.903. The first-order valence-electron chi connectivity index (χ1n) is 6.05. The van der Waals surface area contributed by atoms with Crippen molar-refractivity contribution in [2.24, 2.45) is 0 Å². The number of aliphatic hydroxyl groups excluding tert-OH is 1. The summed E-state index contributed by atoms with van der Waals surface area (Å²) in [5.41, 5.74) is -0.142. The topological polar surface area (TPSA) is 42.0 Å². The van der Waals surface area contributed by atoms with Crippen molar-refractivity contribution in [3.05, 3.63) is 0 Å². The molecule has 0 radical (unpaired) electrons. The van der Waals surface area contributed by atoms with Gasteiger partial charge in [-0.15, -0.1) is 0 Å². The van der Waals surface area contributed by atoms with Gasteiger partial charge in [0.15, 0.2) is 8.32 Å². The first-order chi connectivity index (χ1) is 7.12. The van der Waals surface area contributed by atoms with Gasteiger partial charge in [-0.1, -0.05) is 20.8 Å². The van der Waals surface area contributed by atoms with E-state index in [9.17, 15) is 0 Å². The second-order valence-electron chi connectivity index (χ2n) is 6.46. The summed E-state index contributed by atoms with van der Waals surface area (Å²) >= 11 is 0. The van der Waals surface area contributed by atoms with E-state index in [1.54, 1.807) is 0 Å². The van der Waals surface area contributed by atoms with Gasteiger partial charge in [-0.3, -0.25) is 0 Å². The Balaban J connectivity index is 2.32. The van der Waals surface area contributed by atoms with Crippen molar-refractivity contribution >= 4 is 8.32 Å². The molecule has 3 nitrogen and oxygen atoms in total. The van der Waals surface area contributed by atoms with E-state index in [0.29, 0.717) is 0 Å². The number of epoxide rings is 1. The van der Waals surface area contributed by atoms with Crippen LogP contribution in [0.4, 0.5) is 0 Å². The normalized spacial score (nSPS) is 30.6. The van der Waals surface area contributed by atoms with E-state index in [4.69, 9.17) is 14.3 Å². The molecular weight excluding hydrogens is 220 g/mol. The molecule has 1 aliphatic heterocycles. The molecule has 0 bridgehead atoms. The van der Waals surface area contributed by atoms with Gasteiger partial charge >= 0.3 is 0 Å². The summed E-state index contributed by atoms with van der Waals surface area (Å²) in [5, 5.41) is 9.23. The molecule has 2 atom stereocenters. The van der Waals surface area contributed by atoms with E-state index in [1.165, 1.54) is 0 Å². The lowest BCUT2D eigenvalue weighted by Crippen LogP contribution is -2.41. The Bertz CT molecular complexity index is 247. The maximum atomic E-state index is 8.97. The number of aliphatic hydroxyl groups is 1. The van der Waals surface area contributed by atoms with Crippen molar-refractivity contribution in [3.63, 3.8) is 0 Å². The Morgan fingerprint density at radius 2 is 1.94 bits per heavy atom. The fourth-order valence-electron chi connectivity index (χ4n) is 1.47. The highest BCUT2D eigenvalue weighted by molar-refractivity contribution is 6.74. The van der Waals surface area contributed by atoms with E-state index < -0.39 is 8.32 Å². The number of ether oxygens (including phenoxy) is 1. The maximum absolute atomic E-state index is 8.97. The standard InChI is InChI=1S/C12H26O3Si/c1-11(2,3)16(5,6)14-8-7-12(4)10(9-13)15-12/h10,13H,7-9H2,1-6H3/t10-,12-/m1/s1. The van der Waals surface area contributed by atoms with E-state index in [2.05, 4.69) is 33.9 Å². The zero-order chi connectivity index (χ0) is 12.6. The Hall–Kier alpha value is 0.0969. The van der Waals surface area contributed by atoms with E-state index in [0.717, 1.165) is 13.0 Å². The van der Waals surface area contributed by atoms with Crippen LogP contribution in [-0.4, -0.2) is 38.3 Å². The molecule has 4 heteroatoms. The minimum Gasteiger partial charge on any atom is -0.417 e. The molecule has 0 aromatic carbocycles. The molecule has 0 spiro atoms. The van der Waals surface area contributed by atoms with Crippen LogP contribution in [0.3, 0.4) is 0 Å². The van der Waals surface area contributed by atoms with E-state index >= 15 is 0 Å². The Kier molecular flexibility index (Phi) is 3.90. The van der Waals surface area contributed by atoms with Crippen LogP contribution in [0.5, 0.6) is 0 Å². The quantitative estimate of drug-likeness (QED) is 0.599. The molecule has 1 heterocycles. The van der Waals surface area contributed by atoms with Crippen molar-refractivity contribution in [3.8, 4) is 0 Å². The van der Waals surface area contributed by atoms with Crippen molar-refractivity contribution < 1.29 is 14.3 Å². The molecule has 0 amide bonds. The third-order valence-corrected chi connectivity index (χ3v) is 8.61. The molecule has 0 aromatic heterocycles. The van der Waals surface area contributed by atoms with Gasteiger partial charge in [-0.2, -0.15) is 0 Å². The Morgan fingerprint density at radius 1 is 1.38 bits per heavy atom. The van der Waals surface area contributed by atoms with Crippen molar-refractivity contribution in [1.29, 1.82) is 0 Å². The van der Waals surface area contributed by atoms with Crippen LogP contribution in [0.2, 0.25) is 18.1 Å². The number of rotatable bonds is 5. The predicted octanol–water partition coefficient (Wildman–Crippen LogP) is 2.55. The van der Waals surface area contributed by atoms with Crippen LogP contribution in [0, 0.1) is 0 Å². The Morgan fingerprint density at radius 3 is 2.31 bits per heavy atom. The summed E-state index contributed by atoms with van der Waals surface area (Å²) in [6.45, 7) is 14.1. The maximum Gasteiger partial charge on any atom is 0.191 e. The molecule has 1 saturated heterocycles. The van der Waals surface area contributed by atoms with Gasteiger partial charge in [-0.25, -0.2) is 0 Å². The van der Waals surface area contributed by atoms with Gasteiger partial charge in [0.05, 0.1) is 12.2 Å². The first kappa shape index (κ1) is 14.2. The van der Waals surface area contributed by atoms with Crippen LogP contribution in [0.15, 0.2) is 0 Å². The van der Waals surface area contributed by atoms with Gasteiger partial charge in [0.25, 0.3) is 0 Å². The molecule has 1 fully saturated rings. The molecule has 1 N–H and O–H groups in total. The second kappa shape index (κ2) is 4.41. The zero-order valence-electron chi connectivity index (χ0n) is 11.5. The lowest BCUT2D eigenvalue weighted by molar-refractivity contribution is 0.215. The lowest BCUT2D eigenvalue weighted by atomic mass is 10.1. The molecule has 0 unspecified atom stereocenters. The molecule has 1 rings (SSSR count). The van der Waals surface area contributed by atoms with Gasteiger partial charge in [0.1, 0.15) is 6.10 Å². The predicted molar refractivity (Wildman–Crippen MR) is 68.1 cm³/mol. The fourth-order valence-corrected chi connectivity index (χ4v) is 2.51. The van der Waals surface area contributed by atoms with Crippen LogP contribution in [0.1, 0.15) is 34.1 Å². The second-order valence-corrected chi connectivity index (χ2v) is 11.3. The van der Waals surface area contributed by atoms with Crippen LogP contribution in [0.25, 0.3) is 0 Å². The molecule has 0 aromatic rings. The zero-order valence-corrected chi connectivity index (χ0v) is 12.5. The summed E-state index contributed by atoms with van der Waals surface area (Å²) in [6, 6.07) is 0. The van der Waals surface area contributed by atoms with E-state index in [-0.39, 0.29) is 23.4 Å². The molecule has 16 heavy (non-hydrogen) atoms. The van der Waals surface area contributed by atoms with Crippen LogP contribution < -0.4 is 0 Å². The van der Waals surface area contributed by atoms with Gasteiger partial charge in [0, 0.05) is 13.0 Å². The largest absolute Gasteiger partial charge is 0.417 e. The van der Waals surface area contributed by atoms with E-state index in [1.807, 2.05) is 6.92 Å². The van der Waals surface area contributed by atoms with Gasteiger partial charge in [-0.05, 0) is 25.1 Å². The fraction of sp³-hybridized carbons (Fsp3) is 1.00. The summed E-state index contributed by atoms with van der Waals surface area (Å²) < 4.78 is 11.5. The summed E-state index contributed by atoms with van der Waals surface area (Å²) in [4.78, 5) is 0. The van der Waals surface area contributed by atoms with Crippen molar-refractivity contribution in [1.82, 2.24) is 0 Å². The number of hydrogen-bond acceptors (Lipinski definition) is 3. The van der Waals surface area contributed by atoms with Gasteiger partial charge in [0.2, 0.25) is 0 Å². The van der Waals surface area contributed by atoms with Crippen molar-refractivity contribution in [2.45, 2.75) is 64.0 Å². The molecule has 96 valence electrons. The third kappa shape index (κ3) is 3.06. The monoisotopic (exact) mass is 246 g/mol. The molecule has 0 saturated carbocycles. The summed E-state index contributed by atoms with van der Waals surface area (Å²) in [7, 11) is -1.63. The van der Waals surface area contributed by atoms with Crippen LogP contribution >= 0.6 is 0 Å². The minimum absolute atomic E-state index is 0.0236. The smallest absolute Gasteiger partial charge is 0.191 e. The highest BCUT2D eigenvalue weighted by Crippen LogP contribution is 2.40. The SMILES string of the molecule is CC(C)(C)[Si](C)(C)OCC[C@@]1(C)O[C@@H]1CO. The highest BCUT2D eigenvalue weighted by atomic mass is 28.4. The third-order valence-electron chi connectivity index (χ3n) is 4.07. The Labute approximate surface area is 100 Å². The molecule has 1 aliphatic rings. The average Bonchev–Trinajstić information content (AvgIpc) is 2.75. The van der Waals surface area contributed by atoms with Crippen molar-refractivity contribution in [2.75, 3.05) is 13.2 Å². The minimum atomic E-state index is -1.63. The summed E-state index contributed by atoms with van der Waals surface area (Å²) in [5.74, 6) is 0. The average molecular weight is 246 g/mol.